The standard InChI is InChI=1S/C18H18O5S.C12H10I/c1-3-22-17-13-7-5-6-8-14(13)18(23-4-2)16-11-12(24(19,20)21)9-10-15(16)17;1-3-7-11(8-4-1)13-12-9-5-2-6-10-12/h5-11H,3-4H2,1-2H3,(H,19,20,21);1-10H/q;+1/p-1. The highest BCUT2D eigenvalue weighted by Crippen LogP contribution is 2.43. The first-order valence-electron chi connectivity index (χ1n) is 11.9. The quantitative estimate of drug-likeness (QED) is 0.157. The molecule has 0 saturated heterocycles. The SMILES string of the molecule is CCOc1c2ccccc2c(OCC)c2cc(S(=O)(=O)[O-])ccc12.c1ccc([I+]c2ccccc2)cc1. The third-order valence-electron chi connectivity index (χ3n) is 5.45. The van der Waals surface area contributed by atoms with Crippen molar-refractivity contribution in [1.29, 1.82) is 0 Å². The smallest absolute Gasteiger partial charge is 0.357 e. The van der Waals surface area contributed by atoms with Crippen molar-refractivity contribution < 1.29 is 43.6 Å². The van der Waals surface area contributed by atoms with Crippen LogP contribution in [0.1, 0.15) is 13.8 Å². The van der Waals surface area contributed by atoms with Crippen molar-refractivity contribution in [3.8, 4) is 11.5 Å². The molecule has 5 aromatic carbocycles. The van der Waals surface area contributed by atoms with Gasteiger partial charge in [0, 0.05) is 21.5 Å². The van der Waals surface area contributed by atoms with Crippen LogP contribution in [0.4, 0.5) is 0 Å². The Labute approximate surface area is 228 Å². The summed E-state index contributed by atoms with van der Waals surface area (Å²) in [5.41, 5.74) is 0. The summed E-state index contributed by atoms with van der Waals surface area (Å²) in [6.45, 7) is 4.62. The third-order valence-corrected chi connectivity index (χ3v) is 8.96. The Balaban J connectivity index is 0.000000207. The average Bonchev–Trinajstić information content (AvgIpc) is 2.91. The molecule has 0 N–H and O–H groups in total. The van der Waals surface area contributed by atoms with E-state index in [1.54, 1.807) is 6.07 Å². The molecular formula is C30H27IO5S. The fourth-order valence-corrected chi connectivity index (χ4v) is 6.68. The van der Waals surface area contributed by atoms with Gasteiger partial charge in [-0.2, -0.15) is 0 Å². The van der Waals surface area contributed by atoms with Crippen molar-refractivity contribution in [2.24, 2.45) is 0 Å². The first-order valence-corrected chi connectivity index (χ1v) is 15.4. The lowest BCUT2D eigenvalue weighted by molar-refractivity contribution is -0.597. The Hall–Kier alpha value is -3.14. The van der Waals surface area contributed by atoms with E-state index in [4.69, 9.17) is 9.47 Å². The van der Waals surface area contributed by atoms with E-state index in [2.05, 4.69) is 60.7 Å². The molecule has 0 bridgehead atoms. The minimum atomic E-state index is -4.55. The summed E-state index contributed by atoms with van der Waals surface area (Å²) in [7, 11) is -4.55. The number of hydrogen-bond donors (Lipinski definition) is 0. The minimum Gasteiger partial charge on any atom is -0.744 e. The van der Waals surface area contributed by atoms with Gasteiger partial charge in [-0.3, -0.25) is 0 Å². The predicted molar refractivity (Wildman–Crippen MR) is 142 cm³/mol. The molecule has 0 heterocycles. The summed E-state index contributed by atoms with van der Waals surface area (Å²) in [6, 6.07) is 33.3. The molecule has 0 aliphatic carbocycles. The number of rotatable bonds is 7. The molecular weight excluding hydrogens is 599 g/mol. The molecule has 7 heteroatoms. The molecule has 0 spiro atoms. The highest BCUT2D eigenvalue weighted by molar-refractivity contribution is 7.85. The van der Waals surface area contributed by atoms with Gasteiger partial charge in [0.25, 0.3) is 0 Å². The largest absolute Gasteiger partial charge is 0.744 e. The Morgan fingerprint density at radius 3 is 1.51 bits per heavy atom. The first-order chi connectivity index (χ1) is 17.9. The Bertz CT molecular complexity index is 1550. The lowest BCUT2D eigenvalue weighted by atomic mass is 10.0. The van der Waals surface area contributed by atoms with Crippen LogP contribution in [0.25, 0.3) is 21.5 Å². The lowest BCUT2D eigenvalue weighted by Crippen LogP contribution is -3.61. The summed E-state index contributed by atoms with van der Waals surface area (Å²) in [6.07, 6.45) is 0. The third kappa shape index (κ3) is 6.60. The Morgan fingerprint density at radius 1 is 0.622 bits per heavy atom. The second-order valence-electron chi connectivity index (χ2n) is 7.92. The summed E-state index contributed by atoms with van der Waals surface area (Å²) >= 11 is 0.0287. The number of ether oxygens (including phenoxy) is 2. The second-order valence-corrected chi connectivity index (χ2v) is 12.3. The molecule has 0 amide bonds. The van der Waals surface area contributed by atoms with Crippen LogP contribution in [0.5, 0.6) is 11.5 Å². The van der Waals surface area contributed by atoms with Gasteiger partial charge in [-0.05, 0) is 56.3 Å². The number of benzene rings is 5. The van der Waals surface area contributed by atoms with E-state index < -0.39 is 10.1 Å². The van der Waals surface area contributed by atoms with Crippen LogP contribution in [0, 0.1) is 7.14 Å². The van der Waals surface area contributed by atoms with E-state index in [1.807, 2.05) is 38.1 Å². The van der Waals surface area contributed by atoms with E-state index >= 15 is 0 Å². The molecule has 0 radical (unpaired) electrons. The molecule has 0 unspecified atom stereocenters. The van der Waals surface area contributed by atoms with E-state index in [1.165, 1.54) is 19.3 Å². The van der Waals surface area contributed by atoms with Crippen molar-refractivity contribution in [3.63, 3.8) is 0 Å². The molecule has 37 heavy (non-hydrogen) atoms. The van der Waals surface area contributed by atoms with E-state index in [0.717, 1.165) is 10.8 Å². The van der Waals surface area contributed by atoms with Gasteiger partial charge in [0.2, 0.25) is 0 Å². The van der Waals surface area contributed by atoms with E-state index in [9.17, 15) is 13.0 Å². The zero-order chi connectivity index (χ0) is 26.3. The average molecular weight is 627 g/mol. The fraction of sp³-hybridized carbons (Fsp3) is 0.133. The molecule has 5 aromatic rings. The number of fused-ring (bicyclic) bond motifs is 2. The Morgan fingerprint density at radius 2 is 1.05 bits per heavy atom. The van der Waals surface area contributed by atoms with Crippen molar-refractivity contribution in [1.82, 2.24) is 0 Å². The zero-order valence-corrected chi connectivity index (χ0v) is 23.5. The molecule has 0 aliphatic heterocycles. The molecule has 0 aromatic heterocycles. The summed E-state index contributed by atoms with van der Waals surface area (Å²) in [5, 5.41) is 2.96. The highest BCUT2D eigenvalue weighted by atomic mass is 127. The number of hydrogen-bond acceptors (Lipinski definition) is 5. The molecule has 0 atom stereocenters. The second kappa shape index (κ2) is 12.4. The first kappa shape index (κ1) is 26.9. The van der Waals surface area contributed by atoms with Crippen LogP contribution >= 0.6 is 0 Å². The maximum absolute atomic E-state index is 11.4. The zero-order valence-electron chi connectivity index (χ0n) is 20.6. The summed E-state index contributed by atoms with van der Waals surface area (Å²) < 4.78 is 48.7. The number of halogens is 1. The van der Waals surface area contributed by atoms with Crippen LogP contribution in [0.15, 0.2) is 108 Å². The van der Waals surface area contributed by atoms with Gasteiger partial charge in [-0.1, -0.05) is 60.7 Å². The molecule has 5 nitrogen and oxygen atoms in total. The molecule has 190 valence electrons. The van der Waals surface area contributed by atoms with Crippen molar-refractivity contribution >= 4 is 31.7 Å². The fourth-order valence-electron chi connectivity index (χ4n) is 3.92. The van der Waals surface area contributed by atoms with Crippen LogP contribution < -0.4 is 30.7 Å². The molecule has 0 fully saturated rings. The molecule has 0 saturated carbocycles. The van der Waals surface area contributed by atoms with Crippen LogP contribution in [0.2, 0.25) is 0 Å². The van der Waals surface area contributed by atoms with Gasteiger partial charge in [0.1, 0.15) is 21.6 Å². The predicted octanol–water partition coefficient (Wildman–Crippen LogP) is 3.51. The highest BCUT2D eigenvalue weighted by Gasteiger charge is 2.17. The molecule has 0 aliphatic rings. The van der Waals surface area contributed by atoms with Gasteiger partial charge in [-0.15, -0.1) is 0 Å². The normalized spacial score (nSPS) is 11.1. The van der Waals surface area contributed by atoms with Crippen LogP contribution in [0.3, 0.4) is 0 Å². The topological polar surface area (TPSA) is 75.7 Å². The summed E-state index contributed by atoms with van der Waals surface area (Å²) in [5.74, 6) is 1.21. The van der Waals surface area contributed by atoms with Gasteiger partial charge in [0.15, 0.2) is 7.14 Å². The van der Waals surface area contributed by atoms with Gasteiger partial charge >= 0.3 is 21.2 Å². The monoisotopic (exact) mass is 626 g/mol. The van der Waals surface area contributed by atoms with Crippen LogP contribution in [-0.2, 0) is 10.1 Å². The lowest BCUT2D eigenvalue weighted by Gasteiger charge is -2.18. The van der Waals surface area contributed by atoms with Crippen molar-refractivity contribution in [2.45, 2.75) is 18.7 Å². The molecule has 5 rings (SSSR count). The maximum atomic E-state index is 11.4. The maximum Gasteiger partial charge on any atom is 0.357 e. The van der Waals surface area contributed by atoms with Gasteiger partial charge < -0.3 is 14.0 Å². The van der Waals surface area contributed by atoms with E-state index in [0.29, 0.717) is 35.5 Å². The minimum absolute atomic E-state index is 0.0287. The summed E-state index contributed by atoms with van der Waals surface area (Å²) in [4.78, 5) is -0.284. The van der Waals surface area contributed by atoms with E-state index in [-0.39, 0.29) is 26.1 Å². The Kier molecular flexibility index (Phi) is 9.02. The van der Waals surface area contributed by atoms with Crippen LogP contribution in [-0.4, -0.2) is 26.2 Å². The van der Waals surface area contributed by atoms with Gasteiger partial charge in [0.05, 0.1) is 18.1 Å². The van der Waals surface area contributed by atoms with Gasteiger partial charge in [-0.25, -0.2) is 8.42 Å². The van der Waals surface area contributed by atoms with Crippen molar-refractivity contribution in [3.05, 3.63) is 110 Å². The van der Waals surface area contributed by atoms with Crippen molar-refractivity contribution in [2.75, 3.05) is 13.2 Å².